The second-order valence-electron chi connectivity index (χ2n) is 0.0680. The van der Waals surface area contributed by atoms with E-state index in [9.17, 15) is 0 Å². The molecule has 0 spiro atoms. The predicted molar refractivity (Wildman–Crippen MR) is 25.8 cm³/mol. The van der Waals surface area contributed by atoms with Crippen LogP contribution in [-0.2, 0) is 36.7 Å². The Labute approximate surface area is 46.5 Å². The molecule has 0 amide bonds. The third-order valence-electron chi connectivity index (χ3n) is 0. The Morgan fingerprint density at radius 3 is 1.75 bits per heavy atom. The van der Waals surface area contributed by atoms with E-state index in [2.05, 4.69) is 11.2 Å². The molecule has 0 N–H and O–H groups in total. The fraction of sp³-hybridized carbons (Fsp3) is 0. The van der Waals surface area contributed by atoms with Gasteiger partial charge in [0.05, 0.1) is 0 Å². The van der Waals surface area contributed by atoms with Crippen molar-refractivity contribution in [3.05, 3.63) is 0 Å². The molecule has 0 radical (unpaired) electrons. The van der Waals surface area contributed by atoms with Crippen LogP contribution in [0.5, 0.6) is 0 Å². The summed E-state index contributed by atoms with van der Waals surface area (Å²) in [6, 6.07) is 0. The molecule has 0 aliphatic carbocycles. The van der Waals surface area contributed by atoms with Crippen molar-refractivity contribution >= 4 is 28.6 Å². The van der Waals surface area contributed by atoms with Crippen LogP contribution < -0.4 is 0 Å². The molecule has 4 heteroatoms. The molecule has 4 heavy (non-hydrogen) atoms. The summed E-state index contributed by atoms with van der Waals surface area (Å²) in [6.45, 7) is 0. The van der Waals surface area contributed by atoms with Crippen molar-refractivity contribution in [1.29, 1.82) is 0 Å². The third-order valence-corrected chi connectivity index (χ3v) is 0. The summed E-state index contributed by atoms with van der Waals surface area (Å²) in [7, 11) is 1.42. The molecule has 0 heterocycles. The topological polar surface area (TPSA) is 0 Å². The van der Waals surface area contributed by atoms with E-state index in [0.29, 0.717) is 0 Å². The van der Waals surface area contributed by atoms with E-state index < -0.39 is 0 Å². The summed E-state index contributed by atoms with van der Waals surface area (Å²) >= 11 is 5.75. The molecule has 0 aromatic rings. The zero-order chi connectivity index (χ0) is 2.71. The van der Waals surface area contributed by atoms with E-state index in [-0.39, 0.29) is 9.90 Å². The van der Waals surface area contributed by atoms with Gasteiger partial charge in [-0.2, -0.15) is 9.90 Å². The summed E-state index contributed by atoms with van der Waals surface area (Å²) in [5.41, 5.74) is 0. The molecule has 0 aliphatic heterocycles. The van der Waals surface area contributed by atoms with Crippen molar-refractivity contribution in [2.75, 3.05) is 0 Å². The van der Waals surface area contributed by atoms with Crippen molar-refractivity contribution in [1.82, 2.24) is 0 Å². The van der Waals surface area contributed by atoms with Gasteiger partial charge < -0.3 is 0 Å². The van der Waals surface area contributed by atoms with E-state index in [4.69, 9.17) is 0 Å². The van der Waals surface area contributed by atoms with Crippen molar-refractivity contribution in [3.63, 3.8) is 0 Å². The first-order valence-corrected chi connectivity index (χ1v) is 5.59. The second-order valence-corrected chi connectivity index (χ2v) is 5.01. The molecule has 0 saturated carbocycles. The van der Waals surface area contributed by atoms with Crippen LogP contribution in [0.2, 0.25) is 0 Å². The van der Waals surface area contributed by atoms with E-state index in [1.165, 1.54) is 25.5 Å². The SMILES string of the molecule is P.S=[S]=[W]. The molecule has 0 fully saturated rings. The van der Waals surface area contributed by atoms with E-state index in [0.717, 1.165) is 0 Å². The molecule has 0 saturated heterocycles. The monoisotopic (exact) mass is 282 g/mol. The van der Waals surface area contributed by atoms with E-state index in [1.807, 2.05) is 0 Å². The number of hydrogen-bond acceptors (Lipinski definition) is 1. The minimum absolute atomic E-state index is 0. The third kappa shape index (κ3) is 9.59. The Morgan fingerprint density at radius 2 is 1.75 bits per heavy atom. The zero-order valence-corrected chi connectivity index (χ0v) is 7.91. The standard InChI is InChI=1S/H3P.S2.W/c;1-2;/h1H3;;. The molecule has 0 nitrogen and oxygen atoms in total. The summed E-state index contributed by atoms with van der Waals surface area (Å²) in [4.78, 5) is 0. The minimum atomic E-state index is 0. The van der Waals surface area contributed by atoms with Crippen LogP contribution in [0.1, 0.15) is 0 Å². The van der Waals surface area contributed by atoms with Crippen LogP contribution in [-0.4, -0.2) is 0 Å². The summed E-state index contributed by atoms with van der Waals surface area (Å²) < 4.78 is 0. The maximum absolute atomic E-state index is 4.35. The predicted octanol–water partition coefficient (Wildman–Crippen LogP) is 0.0508. The first-order valence-electron chi connectivity index (χ1n) is 0.333. The molecular weight excluding hydrogens is 279 g/mol. The normalized spacial score (nSPS) is 3.00. The van der Waals surface area contributed by atoms with Gasteiger partial charge in [0.2, 0.25) is 0 Å². The fourth-order valence-corrected chi connectivity index (χ4v) is 0. The van der Waals surface area contributed by atoms with Gasteiger partial charge in [0.1, 0.15) is 0 Å². The molecule has 0 aromatic heterocycles. The zero-order valence-electron chi connectivity index (χ0n) is 1.93. The Bertz CT molecular complexity index is 27.0. The van der Waals surface area contributed by atoms with Gasteiger partial charge in [-0.3, -0.25) is 0 Å². The van der Waals surface area contributed by atoms with Crippen LogP contribution in [0.25, 0.3) is 0 Å². The second kappa shape index (κ2) is 8.82. The average Bonchev–Trinajstić information content (AvgIpc) is 0.918. The van der Waals surface area contributed by atoms with Crippen molar-refractivity contribution in [2.45, 2.75) is 0 Å². The van der Waals surface area contributed by atoms with Crippen molar-refractivity contribution < 1.29 is 18.0 Å². The van der Waals surface area contributed by atoms with Crippen molar-refractivity contribution in [3.8, 4) is 0 Å². The van der Waals surface area contributed by atoms with Crippen LogP contribution in [0.3, 0.4) is 0 Å². The molecule has 1 atom stereocenters. The summed E-state index contributed by atoms with van der Waals surface area (Å²) in [5.74, 6) is 0. The Morgan fingerprint density at radius 1 is 1.75 bits per heavy atom. The van der Waals surface area contributed by atoms with Crippen LogP contribution in [0, 0.1) is 0 Å². The van der Waals surface area contributed by atoms with E-state index >= 15 is 0 Å². The summed E-state index contributed by atoms with van der Waals surface area (Å²) in [5, 5.41) is 0. The van der Waals surface area contributed by atoms with Gasteiger partial charge in [-0.15, -0.1) is 0 Å². The Hall–Kier alpha value is 1.56. The molecule has 0 aliphatic rings. The number of hydrogen-bond donors (Lipinski definition) is 0. The first-order chi connectivity index (χ1) is 1.41. The van der Waals surface area contributed by atoms with E-state index in [1.54, 1.807) is 0 Å². The maximum atomic E-state index is 4.35. The first kappa shape index (κ1) is 9.12. The fourth-order valence-electron chi connectivity index (χ4n) is 0. The Kier molecular flexibility index (Phi) is 20.1. The van der Waals surface area contributed by atoms with Gasteiger partial charge >= 0.3 is 36.7 Å². The van der Waals surface area contributed by atoms with Crippen molar-refractivity contribution in [2.24, 2.45) is 0 Å². The molecule has 26 valence electrons. The quantitative estimate of drug-likeness (QED) is 0.566. The van der Waals surface area contributed by atoms with Gasteiger partial charge in [-0.05, 0) is 0 Å². The van der Waals surface area contributed by atoms with Gasteiger partial charge in [-0.1, -0.05) is 0 Å². The number of rotatable bonds is 0. The molecule has 0 rings (SSSR count). The average molecular weight is 282 g/mol. The molecule has 0 aromatic carbocycles. The molecule has 1 unspecified atom stereocenters. The Balaban J connectivity index is 0. The summed E-state index contributed by atoms with van der Waals surface area (Å²) in [6.07, 6.45) is 0. The van der Waals surface area contributed by atoms with Crippen LogP contribution >= 0.6 is 9.90 Å². The van der Waals surface area contributed by atoms with Crippen LogP contribution in [0.4, 0.5) is 0 Å². The molecular formula is H3PS2W. The van der Waals surface area contributed by atoms with Gasteiger partial charge in [-0.25, -0.2) is 0 Å². The van der Waals surface area contributed by atoms with Crippen LogP contribution in [0.15, 0.2) is 0 Å². The van der Waals surface area contributed by atoms with Gasteiger partial charge in [0.25, 0.3) is 0 Å². The molecule has 0 bridgehead atoms. The van der Waals surface area contributed by atoms with Gasteiger partial charge in [0.15, 0.2) is 0 Å². The van der Waals surface area contributed by atoms with Gasteiger partial charge in [0, 0.05) is 0 Å².